The van der Waals surface area contributed by atoms with Crippen LogP contribution in [0.25, 0.3) is 0 Å². The van der Waals surface area contributed by atoms with Crippen LogP contribution in [0.5, 0.6) is 0 Å². The van der Waals surface area contributed by atoms with E-state index in [2.05, 4.69) is 10.3 Å². The maximum atomic E-state index is 11.8. The molecule has 1 aromatic rings. The second-order valence-corrected chi connectivity index (χ2v) is 5.17. The highest BCUT2D eigenvalue weighted by Crippen LogP contribution is 2.29. The first kappa shape index (κ1) is 13.0. The molecule has 1 fully saturated rings. The maximum Gasteiger partial charge on any atom is 0.221 e. The number of hydrogen-bond acceptors (Lipinski definition) is 3. The third-order valence-electron chi connectivity index (χ3n) is 3.54. The second-order valence-electron chi connectivity index (χ2n) is 5.17. The molecule has 1 saturated carbocycles. The van der Waals surface area contributed by atoms with Crippen molar-refractivity contribution in [1.29, 1.82) is 0 Å². The number of pyridine rings is 1. The molecular weight excluding hydrogens is 226 g/mol. The summed E-state index contributed by atoms with van der Waals surface area (Å²) in [7, 11) is 0. The van der Waals surface area contributed by atoms with E-state index >= 15 is 0 Å². The predicted molar refractivity (Wildman–Crippen MR) is 71.0 cm³/mol. The van der Waals surface area contributed by atoms with Crippen molar-refractivity contribution < 1.29 is 4.79 Å². The molecule has 0 spiro atoms. The van der Waals surface area contributed by atoms with Gasteiger partial charge in [0.25, 0.3) is 0 Å². The number of nitrogens with two attached hydrogens (primary N) is 1. The summed E-state index contributed by atoms with van der Waals surface area (Å²) in [6.45, 7) is 0.631. The smallest absolute Gasteiger partial charge is 0.221 e. The number of hydrogen-bond donors (Lipinski definition) is 2. The largest absolute Gasteiger partial charge is 0.356 e. The lowest BCUT2D eigenvalue weighted by Crippen LogP contribution is -2.42. The number of rotatable bonds is 5. The van der Waals surface area contributed by atoms with Gasteiger partial charge in [0.05, 0.1) is 0 Å². The SMILES string of the molecule is NC1(CC(=O)NCCc2ccccn2)CCCC1. The molecule has 3 N–H and O–H groups in total. The maximum absolute atomic E-state index is 11.8. The molecule has 0 bridgehead atoms. The lowest BCUT2D eigenvalue weighted by Gasteiger charge is -2.22. The molecule has 98 valence electrons. The molecule has 0 aliphatic heterocycles. The van der Waals surface area contributed by atoms with Crippen molar-refractivity contribution in [2.45, 2.75) is 44.1 Å². The summed E-state index contributed by atoms with van der Waals surface area (Å²) in [5, 5.41) is 2.92. The van der Waals surface area contributed by atoms with Gasteiger partial charge >= 0.3 is 0 Å². The van der Waals surface area contributed by atoms with Crippen LogP contribution >= 0.6 is 0 Å². The fraction of sp³-hybridized carbons (Fsp3) is 0.571. The van der Waals surface area contributed by atoms with Crippen molar-refractivity contribution in [1.82, 2.24) is 10.3 Å². The Morgan fingerprint density at radius 2 is 2.17 bits per heavy atom. The Hall–Kier alpha value is -1.42. The van der Waals surface area contributed by atoms with E-state index in [1.807, 2.05) is 18.2 Å². The minimum absolute atomic E-state index is 0.0651. The molecular formula is C14H21N3O. The van der Waals surface area contributed by atoms with Gasteiger partial charge < -0.3 is 11.1 Å². The highest BCUT2D eigenvalue weighted by molar-refractivity contribution is 5.77. The summed E-state index contributed by atoms with van der Waals surface area (Å²) >= 11 is 0. The fourth-order valence-electron chi connectivity index (χ4n) is 2.51. The Labute approximate surface area is 108 Å². The molecule has 1 aliphatic carbocycles. The van der Waals surface area contributed by atoms with Crippen LogP contribution < -0.4 is 11.1 Å². The summed E-state index contributed by atoms with van der Waals surface area (Å²) in [6.07, 6.45) is 7.24. The molecule has 0 unspecified atom stereocenters. The van der Waals surface area contributed by atoms with Gasteiger partial charge in [-0.05, 0) is 25.0 Å². The monoisotopic (exact) mass is 247 g/mol. The van der Waals surface area contributed by atoms with Gasteiger partial charge in [-0.25, -0.2) is 0 Å². The van der Waals surface area contributed by atoms with Crippen LogP contribution in [0.2, 0.25) is 0 Å². The van der Waals surface area contributed by atoms with Crippen LogP contribution in [-0.4, -0.2) is 23.0 Å². The molecule has 1 amide bonds. The van der Waals surface area contributed by atoms with E-state index in [0.717, 1.165) is 37.8 Å². The first-order chi connectivity index (χ1) is 8.68. The summed E-state index contributed by atoms with van der Waals surface area (Å²) in [5.74, 6) is 0.0651. The van der Waals surface area contributed by atoms with Crippen LogP contribution in [-0.2, 0) is 11.2 Å². The molecule has 0 radical (unpaired) electrons. The Kier molecular flexibility index (Phi) is 4.31. The third-order valence-corrected chi connectivity index (χ3v) is 3.54. The van der Waals surface area contributed by atoms with Gasteiger partial charge in [0, 0.05) is 36.8 Å². The summed E-state index contributed by atoms with van der Waals surface area (Å²) in [5.41, 5.74) is 6.92. The van der Waals surface area contributed by atoms with E-state index in [0.29, 0.717) is 13.0 Å². The first-order valence-electron chi connectivity index (χ1n) is 6.63. The Bertz CT molecular complexity index is 385. The number of carbonyl (C=O) groups excluding carboxylic acids is 1. The first-order valence-corrected chi connectivity index (χ1v) is 6.63. The normalized spacial score (nSPS) is 17.6. The number of carbonyl (C=O) groups is 1. The molecule has 0 saturated heterocycles. The standard InChI is InChI=1S/C14H21N3O/c15-14(7-2-3-8-14)11-13(18)17-10-6-12-5-1-4-9-16-12/h1,4-5,9H,2-3,6-8,10-11,15H2,(H,17,18). The minimum atomic E-state index is -0.255. The van der Waals surface area contributed by atoms with E-state index in [1.165, 1.54) is 0 Å². The van der Waals surface area contributed by atoms with Gasteiger partial charge in [0.15, 0.2) is 0 Å². The zero-order valence-corrected chi connectivity index (χ0v) is 10.7. The Morgan fingerprint density at radius 3 is 2.83 bits per heavy atom. The van der Waals surface area contributed by atoms with Gasteiger partial charge in [-0.15, -0.1) is 0 Å². The second kappa shape index (κ2) is 5.96. The molecule has 4 nitrogen and oxygen atoms in total. The number of nitrogens with one attached hydrogen (secondary N) is 1. The molecule has 18 heavy (non-hydrogen) atoms. The van der Waals surface area contributed by atoms with Gasteiger partial charge in [0.1, 0.15) is 0 Å². The zero-order valence-electron chi connectivity index (χ0n) is 10.7. The van der Waals surface area contributed by atoms with Crippen molar-refractivity contribution in [3.05, 3.63) is 30.1 Å². The number of nitrogens with zero attached hydrogens (tertiary/aromatic N) is 1. The van der Waals surface area contributed by atoms with Gasteiger partial charge in [-0.2, -0.15) is 0 Å². The van der Waals surface area contributed by atoms with Crippen molar-refractivity contribution in [2.75, 3.05) is 6.54 Å². The Morgan fingerprint density at radius 1 is 1.39 bits per heavy atom. The molecule has 1 aliphatic rings. The molecule has 4 heteroatoms. The van der Waals surface area contributed by atoms with Crippen molar-refractivity contribution >= 4 is 5.91 Å². The quantitative estimate of drug-likeness (QED) is 0.826. The molecule has 2 rings (SSSR count). The fourth-order valence-corrected chi connectivity index (χ4v) is 2.51. The van der Waals surface area contributed by atoms with Gasteiger partial charge in [0.2, 0.25) is 5.91 Å². The minimum Gasteiger partial charge on any atom is -0.356 e. The van der Waals surface area contributed by atoms with Crippen molar-refractivity contribution in [3.63, 3.8) is 0 Å². The Balaban J connectivity index is 1.69. The lowest BCUT2D eigenvalue weighted by molar-refractivity contribution is -0.122. The van der Waals surface area contributed by atoms with Crippen LogP contribution in [0, 0.1) is 0 Å². The van der Waals surface area contributed by atoms with Crippen LogP contribution in [0.1, 0.15) is 37.8 Å². The topological polar surface area (TPSA) is 68.0 Å². The van der Waals surface area contributed by atoms with E-state index in [4.69, 9.17) is 5.73 Å². The molecule has 0 atom stereocenters. The van der Waals surface area contributed by atoms with Crippen LogP contribution in [0.15, 0.2) is 24.4 Å². The zero-order chi connectivity index (χ0) is 12.8. The van der Waals surface area contributed by atoms with Gasteiger partial charge in [-0.3, -0.25) is 9.78 Å². The summed E-state index contributed by atoms with van der Waals surface area (Å²) < 4.78 is 0. The van der Waals surface area contributed by atoms with E-state index in [-0.39, 0.29) is 11.4 Å². The number of amides is 1. The highest BCUT2D eigenvalue weighted by Gasteiger charge is 2.31. The van der Waals surface area contributed by atoms with Crippen LogP contribution in [0.4, 0.5) is 0 Å². The summed E-state index contributed by atoms with van der Waals surface area (Å²) in [4.78, 5) is 16.0. The van der Waals surface area contributed by atoms with Gasteiger partial charge in [-0.1, -0.05) is 18.9 Å². The van der Waals surface area contributed by atoms with E-state index in [9.17, 15) is 4.79 Å². The summed E-state index contributed by atoms with van der Waals surface area (Å²) in [6, 6.07) is 5.81. The highest BCUT2D eigenvalue weighted by atomic mass is 16.1. The molecule has 1 heterocycles. The number of aromatic nitrogens is 1. The van der Waals surface area contributed by atoms with E-state index in [1.54, 1.807) is 6.20 Å². The average molecular weight is 247 g/mol. The van der Waals surface area contributed by atoms with Crippen molar-refractivity contribution in [3.8, 4) is 0 Å². The van der Waals surface area contributed by atoms with E-state index < -0.39 is 0 Å². The average Bonchev–Trinajstić information content (AvgIpc) is 2.77. The van der Waals surface area contributed by atoms with Crippen LogP contribution in [0.3, 0.4) is 0 Å². The molecule has 0 aromatic carbocycles. The lowest BCUT2D eigenvalue weighted by atomic mass is 9.94. The predicted octanol–water partition coefficient (Wildman–Crippen LogP) is 1.40. The van der Waals surface area contributed by atoms with Crippen molar-refractivity contribution in [2.24, 2.45) is 5.73 Å². The third kappa shape index (κ3) is 3.81. The molecule has 1 aromatic heterocycles.